The Morgan fingerprint density at radius 3 is 2.50 bits per heavy atom. The molecule has 1 aromatic rings. The van der Waals surface area contributed by atoms with Crippen LogP contribution in [0.1, 0.15) is 28.8 Å². The van der Waals surface area contributed by atoms with Gasteiger partial charge in [0, 0.05) is 12.1 Å². The first kappa shape index (κ1) is 15.6. The Bertz CT molecular complexity index is 542. The number of amides is 1. The molecule has 0 aromatic heterocycles. The van der Waals surface area contributed by atoms with E-state index in [0.717, 1.165) is 0 Å². The molecule has 1 amide bonds. The summed E-state index contributed by atoms with van der Waals surface area (Å²) in [4.78, 5) is 33.0. The normalized spacial score (nSPS) is 11.7. The Morgan fingerprint density at radius 2 is 1.95 bits per heavy atom. The van der Waals surface area contributed by atoms with Gasteiger partial charge in [0.1, 0.15) is 0 Å². The maximum atomic E-state index is 11.8. The van der Waals surface area contributed by atoms with Gasteiger partial charge >= 0.3 is 11.9 Å². The lowest BCUT2D eigenvalue weighted by Gasteiger charge is -2.13. The summed E-state index contributed by atoms with van der Waals surface area (Å²) >= 11 is 0. The molecule has 0 bridgehead atoms. The van der Waals surface area contributed by atoms with Crippen LogP contribution in [0.5, 0.6) is 0 Å². The number of carbonyl (C=O) groups excluding carboxylic acids is 1. The molecule has 0 saturated heterocycles. The summed E-state index contributed by atoms with van der Waals surface area (Å²) in [5.41, 5.74) is 6.65. The average Bonchev–Trinajstić information content (AvgIpc) is 2.37. The number of rotatable bonds is 6. The Morgan fingerprint density at radius 1 is 1.30 bits per heavy atom. The standard InChI is InChI=1S/C13H16N2O5/c1-7-2-3-8(13(19)20)6-10(7)15-12(18)9(14)4-5-11(16)17/h2-3,6,9H,4-5,14H2,1H3,(H,15,18)(H,16,17)(H,19,20). The summed E-state index contributed by atoms with van der Waals surface area (Å²) in [6.45, 7) is 1.71. The SMILES string of the molecule is Cc1ccc(C(=O)O)cc1NC(=O)C(N)CCC(=O)O. The monoisotopic (exact) mass is 280 g/mol. The summed E-state index contributed by atoms with van der Waals surface area (Å²) in [5, 5.41) is 19.9. The highest BCUT2D eigenvalue weighted by molar-refractivity contribution is 5.97. The Hall–Kier alpha value is -2.41. The van der Waals surface area contributed by atoms with Crippen LogP contribution < -0.4 is 11.1 Å². The second kappa shape index (κ2) is 6.67. The predicted molar refractivity (Wildman–Crippen MR) is 71.6 cm³/mol. The number of carbonyl (C=O) groups is 3. The van der Waals surface area contributed by atoms with Crippen LogP contribution in [0, 0.1) is 6.92 Å². The third-order valence-corrected chi connectivity index (χ3v) is 2.75. The zero-order valence-electron chi connectivity index (χ0n) is 10.9. The maximum absolute atomic E-state index is 11.8. The van der Waals surface area contributed by atoms with Crippen molar-refractivity contribution in [1.29, 1.82) is 0 Å². The van der Waals surface area contributed by atoms with Gasteiger partial charge in [0.2, 0.25) is 5.91 Å². The number of aliphatic carboxylic acids is 1. The van der Waals surface area contributed by atoms with Gasteiger partial charge < -0.3 is 21.3 Å². The lowest BCUT2D eigenvalue weighted by atomic mass is 10.1. The second-order valence-electron chi connectivity index (χ2n) is 4.36. The number of carboxylic acid groups (broad SMARTS) is 2. The number of carboxylic acids is 2. The molecule has 20 heavy (non-hydrogen) atoms. The molecule has 1 aromatic carbocycles. The highest BCUT2D eigenvalue weighted by Crippen LogP contribution is 2.17. The Balaban J connectivity index is 2.77. The second-order valence-corrected chi connectivity index (χ2v) is 4.36. The summed E-state index contributed by atoms with van der Waals surface area (Å²) in [6, 6.07) is 3.37. The smallest absolute Gasteiger partial charge is 0.335 e. The molecule has 0 spiro atoms. The molecule has 0 heterocycles. The number of nitrogens with two attached hydrogens (primary N) is 1. The molecule has 1 unspecified atom stereocenters. The molecule has 0 saturated carbocycles. The topological polar surface area (TPSA) is 130 Å². The molecule has 0 fully saturated rings. The van der Waals surface area contributed by atoms with Crippen LogP contribution >= 0.6 is 0 Å². The van der Waals surface area contributed by atoms with E-state index in [2.05, 4.69) is 5.32 Å². The van der Waals surface area contributed by atoms with Crippen LogP contribution in [0.4, 0.5) is 5.69 Å². The van der Waals surface area contributed by atoms with E-state index in [1.54, 1.807) is 13.0 Å². The number of nitrogens with one attached hydrogen (secondary N) is 1. The first-order chi connectivity index (χ1) is 9.31. The fourth-order valence-electron chi connectivity index (χ4n) is 1.53. The van der Waals surface area contributed by atoms with E-state index in [9.17, 15) is 14.4 Å². The van der Waals surface area contributed by atoms with Gasteiger partial charge in [-0.1, -0.05) is 6.07 Å². The van der Waals surface area contributed by atoms with Gasteiger partial charge in [-0.05, 0) is 31.0 Å². The summed E-state index contributed by atoms with van der Waals surface area (Å²) in [6.07, 6.45) is -0.193. The molecule has 108 valence electrons. The quantitative estimate of drug-likeness (QED) is 0.610. The average molecular weight is 280 g/mol. The molecule has 0 aliphatic rings. The van der Waals surface area contributed by atoms with E-state index in [4.69, 9.17) is 15.9 Å². The van der Waals surface area contributed by atoms with Crippen molar-refractivity contribution < 1.29 is 24.6 Å². The fourth-order valence-corrected chi connectivity index (χ4v) is 1.53. The van der Waals surface area contributed by atoms with Crippen LogP contribution in [0.3, 0.4) is 0 Å². The molecule has 0 aliphatic carbocycles. The van der Waals surface area contributed by atoms with E-state index >= 15 is 0 Å². The van der Waals surface area contributed by atoms with Gasteiger partial charge in [0.05, 0.1) is 11.6 Å². The minimum absolute atomic E-state index is 0.0127. The van der Waals surface area contributed by atoms with Crippen LogP contribution in [0.2, 0.25) is 0 Å². The highest BCUT2D eigenvalue weighted by atomic mass is 16.4. The lowest BCUT2D eigenvalue weighted by molar-refractivity contribution is -0.137. The van der Waals surface area contributed by atoms with Crippen molar-refractivity contribution in [2.75, 3.05) is 5.32 Å². The molecule has 1 atom stereocenters. The summed E-state index contributed by atoms with van der Waals surface area (Å²) < 4.78 is 0. The van der Waals surface area contributed by atoms with E-state index in [1.807, 2.05) is 0 Å². The van der Waals surface area contributed by atoms with Crippen molar-refractivity contribution in [3.8, 4) is 0 Å². The van der Waals surface area contributed by atoms with E-state index in [0.29, 0.717) is 11.3 Å². The molecule has 0 radical (unpaired) electrons. The van der Waals surface area contributed by atoms with Crippen LogP contribution in [-0.4, -0.2) is 34.1 Å². The third-order valence-electron chi connectivity index (χ3n) is 2.75. The number of aromatic carboxylic acids is 1. The Labute approximate surface area is 115 Å². The van der Waals surface area contributed by atoms with E-state index < -0.39 is 23.9 Å². The molecule has 1 rings (SSSR count). The van der Waals surface area contributed by atoms with Crippen LogP contribution in [0.15, 0.2) is 18.2 Å². The molecule has 0 aliphatic heterocycles. The molecular formula is C13H16N2O5. The predicted octanol–water partition coefficient (Wildman–Crippen LogP) is 0.824. The molecule has 5 N–H and O–H groups in total. The van der Waals surface area contributed by atoms with Gasteiger partial charge in [0.25, 0.3) is 0 Å². The van der Waals surface area contributed by atoms with E-state index in [1.165, 1.54) is 12.1 Å². The van der Waals surface area contributed by atoms with Crippen molar-refractivity contribution in [2.24, 2.45) is 5.73 Å². The number of benzene rings is 1. The first-order valence-electron chi connectivity index (χ1n) is 5.93. The van der Waals surface area contributed by atoms with E-state index in [-0.39, 0.29) is 18.4 Å². The van der Waals surface area contributed by atoms with Crippen molar-refractivity contribution in [2.45, 2.75) is 25.8 Å². The number of hydrogen-bond acceptors (Lipinski definition) is 4. The number of anilines is 1. The first-order valence-corrected chi connectivity index (χ1v) is 5.93. The summed E-state index contributed by atoms with van der Waals surface area (Å²) in [7, 11) is 0. The molecule has 7 heteroatoms. The van der Waals surface area contributed by atoms with Crippen molar-refractivity contribution in [3.05, 3.63) is 29.3 Å². The van der Waals surface area contributed by atoms with Gasteiger partial charge in [0.15, 0.2) is 0 Å². The third kappa shape index (κ3) is 4.36. The minimum atomic E-state index is -1.10. The van der Waals surface area contributed by atoms with Gasteiger partial charge in [-0.15, -0.1) is 0 Å². The molecular weight excluding hydrogens is 264 g/mol. The lowest BCUT2D eigenvalue weighted by Crippen LogP contribution is -2.36. The van der Waals surface area contributed by atoms with Crippen molar-refractivity contribution in [1.82, 2.24) is 0 Å². The summed E-state index contributed by atoms with van der Waals surface area (Å²) in [5.74, 6) is -2.68. The van der Waals surface area contributed by atoms with Crippen LogP contribution in [0.25, 0.3) is 0 Å². The van der Waals surface area contributed by atoms with Crippen LogP contribution in [-0.2, 0) is 9.59 Å². The zero-order valence-corrected chi connectivity index (χ0v) is 10.9. The Kier molecular flexibility index (Phi) is 5.22. The van der Waals surface area contributed by atoms with Gasteiger partial charge in [-0.25, -0.2) is 4.79 Å². The molecule has 7 nitrogen and oxygen atoms in total. The van der Waals surface area contributed by atoms with Crippen molar-refractivity contribution in [3.63, 3.8) is 0 Å². The fraction of sp³-hybridized carbons (Fsp3) is 0.308. The highest BCUT2D eigenvalue weighted by Gasteiger charge is 2.16. The van der Waals surface area contributed by atoms with Gasteiger partial charge in [-0.3, -0.25) is 9.59 Å². The number of aryl methyl sites for hydroxylation is 1. The van der Waals surface area contributed by atoms with Gasteiger partial charge in [-0.2, -0.15) is 0 Å². The maximum Gasteiger partial charge on any atom is 0.335 e. The zero-order chi connectivity index (χ0) is 15.3. The minimum Gasteiger partial charge on any atom is -0.481 e. The van der Waals surface area contributed by atoms with Crippen molar-refractivity contribution >= 4 is 23.5 Å². The number of hydrogen-bond donors (Lipinski definition) is 4. The largest absolute Gasteiger partial charge is 0.481 e.